The van der Waals surface area contributed by atoms with Gasteiger partial charge in [0.05, 0.1) is 11.4 Å². The molecule has 0 fully saturated rings. The monoisotopic (exact) mass is 449 g/mol. The normalized spacial score (nSPS) is 11.2. The van der Waals surface area contributed by atoms with Crippen LogP contribution in [0.2, 0.25) is 5.02 Å². The molecular weight excluding hydrogens is 426 g/mol. The number of anilines is 1. The summed E-state index contributed by atoms with van der Waals surface area (Å²) in [5, 5.41) is 13.7. The van der Waals surface area contributed by atoms with Gasteiger partial charge in [0.1, 0.15) is 5.82 Å². The van der Waals surface area contributed by atoms with Crippen molar-refractivity contribution in [1.29, 1.82) is 0 Å². The summed E-state index contributed by atoms with van der Waals surface area (Å²) in [6.07, 6.45) is 0.668. The summed E-state index contributed by atoms with van der Waals surface area (Å²) in [6, 6.07) is 7.74. The number of nitrogens with zero attached hydrogens (tertiary/aromatic N) is 4. The lowest BCUT2D eigenvalue weighted by Crippen LogP contribution is -2.15. The molecule has 2 aromatic heterocycles. The van der Waals surface area contributed by atoms with Crippen molar-refractivity contribution in [2.24, 2.45) is 5.92 Å². The highest BCUT2D eigenvalue weighted by Crippen LogP contribution is 2.23. The molecule has 9 heteroatoms. The fourth-order valence-corrected chi connectivity index (χ4v) is 4.42. The standard InChI is InChI=1S/C20H24ClN5OS2/c1-12(2)10-26-17(9-15-5-7-16(21)8-6-15)24-25-20(26)28-11-18(27)23-19-22-13(3)14(4)29-19/h5-8,12H,9-11H2,1-4H3,(H,22,23,27). The smallest absolute Gasteiger partial charge is 0.236 e. The van der Waals surface area contributed by atoms with E-state index in [0.717, 1.165) is 33.7 Å². The van der Waals surface area contributed by atoms with Crippen molar-refractivity contribution in [3.8, 4) is 0 Å². The Hall–Kier alpha value is -1.90. The van der Waals surface area contributed by atoms with Gasteiger partial charge in [0.2, 0.25) is 5.91 Å². The van der Waals surface area contributed by atoms with E-state index in [1.165, 1.54) is 23.1 Å². The van der Waals surface area contributed by atoms with Crippen LogP contribution in [0.4, 0.5) is 5.13 Å². The van der Waals surface area contributed by atoms with Gasteiger partial charge in [-0.05, 0) is 37.5 Å². The molecule has 0 atom stereocenters. The zero-order chi connectivity index (χ0) is 21.0. The van der Waals surface area contributed by atoms with E-state index in [4.69, 9.17) is 11.6 Å². The molecule has 0 radical (unpaired) electrons. The van der Waals surface area contributed by atoms with E-state index in [-0.39, 0.29) is 11.7 Å². The lowest BCUT2D eigenvalue weighted by molar-refractivity contribution is -0.113. The third-order valence-corrected chi connectivity index (χ3v) is 6.43. The van der Waals surface area contributed by atoms with Gasteiger partial charge >= 0.3 is 0 Å². The largest absolute Gasteiger partial charge is 0.305 e. The highest BCUT2D eigenvalue weighted by atomic mass is 35.5. The lowest BCUT2D eigenvalue weighted by Gasteiger charge is -2.12. The minimum absolute atomic E-state index is 0.0953. The summed E-state index contributed by atoms with van der Waals surface area (Å²) in [5.74, 6) is 1.48. The molecule has 0 aliphatic heterocycles. The third kappa shape index (κ3) is 6.04. The van der Waals surface area contributed by atoms with Crippen LogP contribution in [0.15, 0.2) is 29.4 Å². The van der Waals surface area contributed by atoms with Gasteiger partial charge in [-0.1, -0.05) is 49.3 Å². The molecule has 0 aliphatic carbocycles. The second-order valence-electron chi connectivity index (χ2n) is 7.20. The van der Waals surface area contributed by atoms with Gasteiger partial charge in [0.15, 0.2) is 10.3 Å². The quantitative estimate of drug-likeness (QED) is 0.491. The zero-order valence-electron chi connectivity index (χ0n) is 16.9. The minimum atomic E-state index is -0.0953. The molecule has 0 spiro atoms. The maximum absolute atomic E-state index is 12.3. The number of carbonyl (C=O) groups excluding carboxylic acids is 1. The number of benzene rings is 1. The van der Waals surface area contributed by atoms with Gasteiger partial charge in [-0.2, -0.15) is 0 Å². The fourth-order valence-electron chi connectivity index (χ4n) is 2.70. The highest BCUT2D eigenvalue weighted by Gasteiger charge is 2.16. The number of nitrogens with one attached hydrogen (secondary N) is 1. The van der Waals surface area contributed by atoms with Gasteiger partial charge in [-0.25, -0.2) is 4.98 Å². The molecule has 0 saturated heterocycles. The molecule has 3 aromatic rings. The lowest BCUT2D eigenvalue weighted by atomic mass is 10.1. The van der Waals surface area contributed by atoms with Crippen molar-refractivity contribution < 1.29 is 4.79 Å². The summed E-state index contributed by atoms with van der Waals surface area (Å²) in [4.78, 5) is 17.8. The van der Waals surface area contributed by atoms with E-state index < -0.39 is 0 Å². The number of aryl methyl sites for hydroxylation is 2. The van der Waals surface area contributed by atoms with Crippen molar-refractivity contribution >= 4 is 45.7 Å². The topological polar surface area (TPSA) is 72.7 Å². The van der Waals surface area contributed by atoms with Crippen LogP contribution in [0.1, 0.15) is 35.8 Å². The Balaban J connectivity index is 1.68. The predicted octanol–water partition coefficient (Wildman–Crippen LogP) is 4.98. The number of rotatable bonds is 8. The average Bonchev–Trinajstić information content (AvgIpc) is 3.17. The second-order valence-corrected chi connectivity index (χ2v) is 9.79. The molecule has 29 heavy (non-hydrogen) atoms. The van der Waals surface area contributed by atoms with E-state index in [9.17, 15) is 4.79 Å². The van der Waals surface area contributed by atoms with Crippen LogP contribution in [0, 0.1) is 19.8 Å². The van der Waals surface area contributed by atoms with Crippen LogP contribution in [0.25, 0.3) is 0 Å². The first-order valence-corrected chi connectivity index (χ1v) is 11.5. The number of amides is 1. The Morgan fingerprint density at radius 1 is 1.24 bits per heavy atom. The number of hydrogen-bond donors (Lipinski definition) is 1. The van der Waals surface area contributed by atoms with Crippen molar-refractivity contribution in [1.82, 2.24) is 19.7 Å². The first kappa shape index (κ1) is 21.8. The van der Waals surface area contributed by atoms with Crippen molar-refractivity contribution in [2.45, 2.75) is 45.8 Å². The van der Waals surface area contributed by atoms with Gasteiger partial charge in [-0.3, -0.25) is 4.79 Å². The number of thioether (sulfide) groups is 1. The second kappa shape index (κ2) is 9.73. The molecule has 0 aliphatic rings. The molecule has 0 unspecified atom stereocenters. The molecule has 6 nitrogen and oxygen atoms in total. The SMILES string of the molecule is Cc1nc(NC(=O)CSc2nnc(Cc3ccc(Cl)cc3)n2CC(C)C)sc1C. The molecule has 0 bridgehead atoms. The van der Waals surface area contributed by atoms with E-state index in [0.29, 0.717) is 22.5 Å². The molecule has 154 valence electrons. The molecule has 3 rings (SSSR count). The van der Waals surface area contributed by atoms with Crippen LogP contribution in [-0.2, 0) is 17.8 Å². The predicted molar refractivity (Wildman–Crippen MR) is 120 cm³/mol. The molecule has 1 aromatic carbocycles. The Labute approximate surface area is 184 Å². The summed E-state index contributed by atoms with van der Waals surface area (Å²) in [5.41, 5.74) is 2.07. The van der Waals surface area contributed by atoms with Crippen molar-refractivity contribution in [3.63, 3.8) is 0 Å². The maximum atomic E-state index is 12.3. The number of carbonyl (C=O) groups is 1. The Morgan fingerprint density at radius 3 is 2.59 bits per heavy atom. The maximum Gasteiger partial charge on any atom is 0.236 e. The van der Waals surface area contributed by atoms with Crippen LogP contribution in [-0.4, -0.2) is 31.4 Å². The van der Waals surface area contributed by atoms with Crippen LogP contribution in [0.5, 0.6) is 0 Å². The first-order valence-electron chi connectivity index (χ1n) is 9.35. The van der Waals surface area contributed by atoms with Gasteiger partial charge in [-0.15, -0.1) is 21.5 Å². The van der Waals surface area contributed by atoms with Crippen molar-refractivity contribution in [3.05, 3.63) is 51.2 Å². The summed E-state index contributed by atoms with van der Waals surface area (Å²) >= 11 is 8.86. The number of hydrogen-bond acceptors (Lipinski definition) is 6. The van der Waals surface area contributed by atoms with E-state index in [1.54, 1.807) is 0 Å². The molecule has 0 saturated carbocycles. The number of aromatic nitrogens is 4. The molecule has 1 N–H and O–H groups in total. The molecular formula is C20H24ClN5OS2. The van der Waals surface area contributed by atoms with Crippen molar-refractivity contribution in [2.75, 3.05) is 11.1 Å². The van der Waals surface area contributed by atoms with Crippen LogP contribution in [0.3, 0.4) is 0 Å². The Bertz CT molecular complexity index is 962. The van der Waals surface area contributed by atoms with E-state index in [1.807, 2.05) is 38.1 Å². The van der Waals surface area contributed by atoms with E-state index >= 15 is 0 Å². The van der Waals surface area contributed by atoms with Crippen LogP contribution < -0.4 is 5.32 Å². The first-order chi connectivity index (χ1) is 13.8. The zero-order valence-corrected chi connectivity index (χ0v) is 19.3. The number of halogens is 1. The van der Waals surface area contributed by atoms with Gasteiger partial charge < -0.3 is 9.88 Å². The summed E-state index contributed by atoms with van der Waals surface area (Å²) < 4.78 is 2.11. The molecule has 1 amide bonds. The summed E-state index contributed by atoms with van der Waals surface area (Å²) in [6.45, 7) is 9.03. The highest BCUT2D eigenvalue weighted by molar-refractivity contribution is 7.99. The van der Waals surface area contributed by atoms with Gasteiger partial charge in [0, 0.05) is 22.9 Å². The Kier molecular flexibility index (Phi) is 7.32. The van der Waals surface area contributed by atoms with Gasteiger partial charge in [0.25, 0.3) is 0 Å². The molecule has 2 heterocycles. The fraction of sp³-hybridized carbons (Fsp3) is 0.400. The average molecular weight is 450 g/mol. The van der Waals surface area contributed by atoms with E-state index in [2.05, 4.69) is 38.9 Å². The summed E-state index contributed by atoms with van der Waals surface area (Å²) in [7, 11) is 0. The van der Waals surface area contributed by atoms with Crippen LogP contribution >= 0.6 is 34.7 Å². The third-order valence-electron chi connectivity index (χ3n) is 4.22. The Morgan fingerprint density at radius 2 is 1.97 bits per heavy atom. The number of thiazole rings is 1. The minimum Gasteiger partial charge on any atom is -0.305 e.